The predicted octanol–water partition coefficient (Wildman–Crippen LogP) is 2.40. The first-order valence-corrected chi connectivity index (χ1v) is 4.56. The maximum Gasteiger partial charge on any atom is 0.234 e. The van der Waals surface area contributed by atoms with Crippen LogP contribution in [0, 0.1) is 5.92 Å². The molecule has 0 spiro atoms. The molecule has 2 heteroatoms. The highest BCUT2D eigenvalue weighted by Crippen LogP contribution is 2.18. The number of thiophene rings is 1. The third-order valence-electron chi connectivity index (χ3n) is 1.45. The van der Waals surface area contributed by atoms with Gasteiger partial charge in [0, 0.05) is 10.4 Å². The first-order valence-electron chi connectivity index (χ1n) is 3.68. The molecule has 0 amide bonds. The van der Waals surface area contributed by atoms with Gasteiger partial charge in [0.05, 0.1) is 0 Å². The Morgan fingerprint density at radius 3 is 2.91 bits per heavy atom. The molecule has 0 unspecified atom stereocenters. The molecule has 0 aliphatic carbocycles. The molecule has 0 saturated carbocycles. The van der Waals surface area contributed by atoms with Crippen molar-refractivity contribution in [3.63, 3.8) is 0 Å². The summed E-state index contributed by atoms with van der Waals surface area (Å²) in [5.41, 5.74) is 0.740. The van der Waals surface area contributed by atoms with Gasteiger partial charge in [-0.15, -0.1) is 11.3 Å². The minimum atomic E-state index is 0.612. The van der Waals surface area contributed by atoms with Crippen LogP contribution < -0.4 is 0 Å². The van der Waals surface area contributed by atoms with E-state index >= 15 is 0 Å². The Hall–Kier alpha value is -0.630. The van der Waals surface area contributed by atoms with Crippen LogP contribution in [0.5, 0.6) is 0 Å². The first kappa shape index (κ1) is 8.47. The molecule has 1 aromatic rings. The smallest absolute Gasteiger partial charge is 0.234 e. The van der Waals surface area contributed by atoms with Crippen molar-refractivity contribution in [2.45, 2.75) is 20.3 Å². The average Bonchev–Trinajstić information content (AvgIpc) is 2.34. The maximum atomic E-state index is 10.4. The molecule has 11 heavy (non-hydrogen) atoms. The van der Waals surface area contributed by atoms with E-state index in [4.69, 9.17) is 0 Å². The van der Waals surface area contributed by atoms with E-state index in [1.54, 1.807) is 11.3 Å². The van der Waals surface area contributed by atoms with Crippen LogP contribution in [0.2, 0.25) is 0 Å². The Bertz CT molecular complexity index is 237. The third kappa shape index (κ3) is 2.15. The van der Waals surface area contributed by atoms with Crippen LogP contribution in [-0.4, -0.2) is 6.29 Å². The highest BCUT2D eigenvalue weighted by atomic mass is 32.1. The Morgan fingerprint density at radius 2 is 2.36 bits per heavy atom. The summed E-state index contributed by atoms with van der Waals surface area (Å²) in [5.74, 6) is 0.612. The van der Waals surface area contributed by atoms with Crippen LogP contribution in [-0.2, 0) is 11.2 Å². The minimum absolute atomic E-state index is 0.612. The molecule has 1 radical (unpaired) electrons. The lowest BCUT2D eigenvalue weighted by atomic mass is 10.1. The van der Waals surface area contributed by atoms with Crippen molar-refractivity contribution in [3.8, 4) is 0 Å². The van der Waals surface area contributed by atoms with Gasteiger partial charge >= 0.3 is 0 Å². The van der Waals surface area contributed by atoms with Crippen molar-refractivity contribution in [1.29, 1.82) is 0 Å². The molecular formula is C9H11OS. The van der Waals surface area contributed by atoms with Gasteiger partial charge in [0.25, 0.3) is 0 Å². The van der Waals surface area contributed by atoms with E-state index in [1.165, 1.54) is 0 Å². The average molecular weight is 167 g/mol. The fraction of sp³-hybridized carbons (Fsp3) is 0.444. The molecule has 0 aliphatic heterocycles. The summed E-state index contributed by atoms with van der Waals surface area (Å²) >= 11 is 1.64. The molecule has 0 atom stereocenters. The predicted molar refractivity (Wildman–Crippen MR) is 47.7 cm³/mol. The number of rotatable bonds is 3. The SMILES string of the molecule is CC(C)Cc1sccc1[C]=O. The molecule has 1 nitrogen and oxygen atoms in total. The van der Waals surface area contributed by atoms with E-state index in [0.717, 1.165) is 16.9 Å². The van der Waals surface area contributed by atoms with Gasteiger partial charge < -0.3 is 0 Å². The normalized spacial score (nSPS) is 10.5. The number of hydrogen-bond donors (Lipinski definition) is 0. The summed E-state index contributed by atoms with van der Waals surface area (Å²) in [6.07, 6.45) is 2.93. The topological polar surface area (TPSA) is 17.1 Å². The molecule has 59 valence electrons. The highest BCUT2D eigenvalue weighted by molar-refractivity contribution is 7.10. The Morgan fingerprint density at radius 1 is 1.64 bits per heavy atom. The standard InChI is InChI=1S/C9H11OS/c1-7(2)5-9-8(6-10)3-4-11-9/h3-4,7H,5H2,1-2H3. The zero-order valence-corrected chi connectivity index (χ0v) is 7.57. The molecule has 0 bridgehead atoms. The van der Waals surface area contributed by atoms with Crippen LogP contribution in [0.1, 0.15) is 24.3 Å². The molecule has 0 N–H and O–H groups in total. The van der Waals surface area contributed by atoms with Crippen molar-refractivity contribution in [1.82, 2.24) is 0 Å². The monoisotopic (exact) mass is 167 g/mol. The van der Waals surface area contributed by atoms with Crippen molar-refractivity contribution >= 4 is 17.6 Å². The molecule has 1 heterocycles. The van der Waals surface area contributed by atoms with Gasteiger partial charge in [0.2, 0.25) is 6.29 Å². The lowest BCUT2D eigenvalue weighted by molar-refractivity contribution is 0.562. The van der Waals surface area contributed by atoms with Gasteiger partial charge in [0.1, 0.15) is 0 Å². The second-order valence-corrected chi connectivity index (χ2v) is 3.96. The molecule has 0 aliphatic rings. The highest BCUT2D eigenvalue weighted by Gasteiger charge is 2.05. The van der Waals surface area contributed by atoms with Crippen LogP contribution >= 0.6 is 11.3 Å². The van der Waals surface area contributed by atoms with E-state index in [0.29, 0.717) is 5.92 Å². The fourth-order valence-corrected chi connectivity index (χ4v) is 2.00. The van der Waals surface area contributed by atoms with Gasteiger partial charge in [0.15, 0.2) is 0 Å². The Labute approximate surface area is 71.1 Å². The molecule has 0 saturated heterocycles. The number of hydrogen-bond acceptors (Lipinski definition) is 2. The lowest BCUT2D eigenvalue weighted by Crippen LogP contribution is -1.93. The molecule has 1 aromatic heterocycles. The molecular weight excluding hydrogens is 156 g/mol. The van der Waals surface area contributed by atoms with Crippen LogP contribution in [0.25, 0.3) is 0 Å². The third-order valence-corrected chi connectivity index (χ3v) is 2.39. The van der Waals surface area contributed by atoms with Crippen LogP contribution in [0.15, 0.2) is 11.4 Å². The maximum absolute atomic E-state index is 10.4. The van der Waals surface area contributed by atoms with Gasteiger partial charge in [-0.3, -0.25) is 4.79 Å². The molecule has 0 fully saturated rings. The van der Waals surface area contributed by atoms with Crippen molar-refractivity contribution in [2.75, 3.05) is 0 Å². The van der Waals surface area contributed by atoms with E-state index in [9.17, 15) is 4.79 Å². The van der Waals surface area contributed by atoms with E-state index in [1.807, 2.05) is 17.7 Å². The largest absolute Gasteiger partial charge is 0.285 e. The summed E-state index contributed by atoms with van der Waals surface area (Å²) in [7, 11) is 0. The second-order valence-electron chi connectivity index (χ2n) is 2.96. The zero-order valence-electron chi connectivity index (χ0n) is 6.76. The summed E-state index contributed by atoms with van der Waals surface area (Å²) < 4.78 is 0. The fourth-order valence-electron chi connectivity index (χ4n) is 0.960. The quantitative estimate of drug-likeness (QED) is 0.675. The Balaban J connectivity index is 2.76. The van der Waals surface area contributed by atoms with Crippen molar-refractivity contribution in [3.05, 3.63) is 21.9 Å². The van der Waals surface area contributed by atoms with E-state index in [-0.39, 0.29) is 0 Å². The Kier molecular flexibility index (Phi) is 2.83. The lowest BCUT2D eigenvalue weighted by Gasteiger charge is -2.00. The summed E-state index contributed by atoms with van der Waals surface area (Å²) in [5, 5.41) is 1.94. The van der Waals surface area contributed by atoms with Gasteiger partial charge in [-0.05, 0) is 23.8 Å². The second kappa shape index (κ2) is 3.67. The summed E-state index contributed by atoms with van der Waals surface area (Å²) in [6, 6.07) is 1.83. The van der Waals surface area contributed by atoms with E-state index in [2.05, 4.69) is 13.8 Å². The minimum Gasteiger partial charge on any atom is -0.285 e. The summed E-state index contributed by atoms with van der Waals surface area (Å²) in [6.45, 7) is 4.29. The molecule has 0 aromatic carbocycles. The van der Waals surface area contributed by atoms with Gasteiger partial charge in [-0.25, -0.2) is 0 Å². The van der Waals surface area contributed by atoms with Crippen LogP contribution in [0.4, 0.5) is 0 Å². The van der Waals surface area contributed by atoms with Gasteiger partial charge in [-0.2, -0.15) is 0 Å². The zero-order chi connectivity index (χ0) is 8.27. The van der Waals surface area contributed by atoms with Gasteiger partial charge in [-0.1, -0.05) is 13.8 Å². The van der Waals surface area contributed by atoms with Crippen molar-refractivity contribution < 1.29 is 4.79 Å². The first-order chi connectivity index (χ1) is 5.24. The van der Waals surface area contributed by atoms with Crippen LogP contribution in [0.3, 0.4) is 0 Å². The molecule has 1 rings (SSSR count). The number of carbonyl (C=O) groups excluding carboxylic acids is 1. The van der Waals surface area contributed by atoms with Crippen molar-refractivity contribution in [2.24, 2.45) is 5.92 Å². The summed E-state index contributed by atoms with van der Waals surface area (Å²) in [4.78, 5) is 11.5. The van der Waals surface area contributed by atoms with E-state index < -0.39 is 0 Å².